The summed E-state index contributed by atoms with van der Waals surface area (Å²) in [6.07, 6.45) is 6.11. The first-order valence-corrected chi connectivity index (χ1v) is 6.47. The van der Waals surface area contributed by atoms with E-state index in [1.807, 2.05) is 23.0 Å². The highest BCUT2D eigenvalue weighted by molar-refractivity contribution is 9.10. The topological polar surface area (TPSA) is 56.7 Å². The van der Waals surface area contributed by atoms with E-state index in [1.54, 1.807) is 6.20 Å². The van der Waals surface area contributed by atoms with E-state index in [1.165, 1.54) is 18.5 Å². The van der Waals surface area contributed by atoms with Crippen molar-refractivity contribution < 1.29 is 0 Å². The molecule has 0 unspecified atom stereocenters. The van der Waals surface area contributed by atoms with Crippen LogP contribution in [-0.4, -0.2) is 14.8 Å². The van der Waals surface area contributed by atoms with Crippen LogP contribution in [0.4, 0.5) is 0 Å². The molecule has 0 aromatic carbocycles. The van der Waals surface area contributed by atoms with Gasteiger partial charge in [0.15, 0.2) is 5.82 Å². The van der Waals surface area contributed by atoms with E-state index in [4.69, 9.17) is 5.73 Å². The summed E-state index contributed by atoms with van der Waals surface area (Å²) in [5, 5.41) is 4.41. The average molecular weight is 293 g/mol. The minimum absolute atomic E-state index is 0.544. The van der Waals surface area contributed by atoms with Gasteiger partial charge in [-0.2, -0.15) is 5.10 Å². The molecule has 2 heterocycles. The van der Waals surface area contributed by atoms with E-state index in [-0.39, 0.29) is 0 Å². The van der Waals surface area contributed by atoms with Crippen molar-refractivity contribution in [3.8, 4) is 5.82 Å². The zero-order chi connectivity index (χ0) is 11.8. The normalized spacial score (nSPS) is 15.2. The Balaban J connectivity index is 2.07. The molecule has 0 bridgehead atoms. The summed E-state index contributed by atoms with van der Waals surface area (Å²) in [6, 6.07) is 3.94. The number of hydrogen-bond donors (Lipinski definition) is 1. The molecule has 1 aliphatic rings. The van der Waals surface area contributed by atoms with Crippen molar-refractivity contribution in [1.29, 1.82) is 0 Å². The molecule has 3 rings (SSSR count). The van der Waals surface area contributed by atoms with E-state index < -0.39 is 0 Å². The van der Waals surface area contributed by atoms with Gasteiger partial charge in [-0.1, -0.05) is 0 Å². The van der Waals surface area contributed by atoms with E-state index in [2.05, 4.69) is 26.0 Å². The highest BCUT2D eigenvalue weighted by Crippen LogP contribution is 2.42. The fraction of sp³-hybridized carbons (Fsp3) is 0.333. The van der Waals surface area contributed by atoms with Gasteiger partial charge in [-0.05, 0) is 40.9 Å². The van der Waals surface area contributed by atoms with Crippen LogP contribution < -0.4 is 5.73 Å². The van der Waals surface area contributed by atoms with Crippen LogP contribution in [0.2, 0.25) is 0 Å². The molecule has 1 fully saturated rings. The fourth-order valence-electron chi connectivity index (χ4n) is 2.02. The molecule has 2 aromatic rings. The maximum absolute atomic E-state index is 5.75. The Morgan fingerprint density at radius 2 is 2.18 bits per heavy atom. The smallest absolute Gasteiger partial charge is 0.153 e. The summed E-state index contributed by atoms with van der Waals surface area (Å²) < 4.78 is 2.90. The van der Waals surface area contributed by atoms with Crippen LogP contribution in [0.5, 0.6) is 0 Å². The van der Waals surface area contributed by atoms with Crippen LogP contribution in [0.25, 0.3) is 5.82 Å². The van der Waals surface area contributed by atoms with Gasteiger partial charge in [0.1, 0.15) is 0 Å². The molecule has 0 radical (unpaired) electrons. The van der Waals surface area contributed by atoms with Gasteiger partial charge in [0.2, 0.25) is 0 Å². The van der Waals surface area contributed by atoms with Crippen LogP contribution in [0, 0.1) is 0 Å². The summed E-state index contributed by atoms with van der Waals surface area (Å²) in [5.41, 5.74) is 8.13. The molecule has 1 aliphatic carbocycles. The number of halogens is 1. The second-order valence-corrected chi connectivity index (χ2v) is 5.20. The van der Waals surface area contributed by atoms with Crippen molar-refractivity contribution in [3.05, 3.63) is 40.3 Å². The van der Waals surface area contributed by atoms with Crippen molar-refractivity contribution in [2.45, 2.75) is 25.3 Å². The Bertz CT molecular complexity index is 528. The Labute approximate surface area is 108 Å². The van der Waals surface area contributed by atoms with Crippen molar-refractivity contribution in [2.75, 3.05) is 0 Å². The second kappa shape index (κ2) is 4.23. The van der Waals surface area contributed by atoms with E-state index in [0.717, 1.165) is 15.9 Å². The van der Waals surface area contributed by atoms with Crippen molar-refractivity contribution >= 4 is 15.9 Å². The molecule has 1 saturated carbocycles. The Kier molecular flexibility index (Phi) is 2.72. The van der Waals surface area contributed by atoms with Gasteiger partial charge in [-0.15, -0.1) is 0 Å². The average Bonchev–Trinajstić information content (AvgIpc) is 3.10. The quantitative estimate of drug-likeness (QED) is 0.945. The molecule has 0 amide bonds. The summed E-state index contributed by atoms with van der Waals surface area (Å²) >= 11 is 3.38. The van der Waals surface area contributed by atoms with Gasteiger partial charge in [0, 0.05) is 28.7 Å². The fourth-order valence-corrected chi connectivity index (χ4v) is 2.25. The number of pyridine rings is 1. The summed E-state index contributed by atoms with van der Waals surface area (Å²) in [6.45, 7) is 0.544. The molecule has 0 atom stereocenters. The van der Waals surface area contributed by atoms with E-state index in [9.17, 15) is 0 Å². The van der Waals surface area contributed by atoms with Crippen LogP contribution in [0.15, 0.2) is 29.0 Å². The lowest BCUT2D eigenvalue weighted by atomic mass is 10.2. The second-order valence-electron chi connectivity index (χ2n) is 4.28. The molecule has 5 heteroatoms. The lowest BCUT2D eigenvalue weighted by molar-refractivity contribution is 0.778. The predicted molar refractivity (Wildman–Crippen MR) is 68.9 cm³/mol. The van der Waals surface area contributed by atoms with Gasteiger partial charge in [-0.3, -0.25) is 0 Å². The standard InChI is InChI=1S/C12H13BrN4/c13-10-3-4-11(15-7-10)17-12(8-1-2-8)9(5-14)6-16-17/h3-4,6-8H,1-2,5,14H2. The van der Waals surface area contributed by atoms with Gasteiger partial charge >= 0.3 is 0 Å². The lowest BCUT2D eigenvalue weighted by Crippen LogP contribution is -2.06. The third-order valence-electron chi connectivity index (χ3n) is 3.00. The first kappa shape index (κ1) is 10.9. The summed E-state index contributed by atoms with van der Waals surface area (Å²) in [5.74, 6) is 1.47. The minimum atomic E-state index is 0.544. The molecule has 2 aromatic heterocycles. The monoisotopic (exact) mass is 292 g/mol. The van der Waals surface area contributed by atoms with Crippen LogP contribution >= 0.6 is 15.9 Å². The van der Waals surface area contributed by atoms with Gasteiger partial charge < -0.3 is 5.73 Å². The van der Waals surface area contributed by atoms with Gasteiger partial charge in [0.25, 0.3) is 0 Å². The van der Waals surface area contributed by atoms with E-state index >= 15 is 0 Å². The maximum Gasteiger partial charge on any atom is 0.153 e. The number of nitrogens with zero attached hydrogens (tertiary/aromatic N) is 3. The number of nitrogens with two attached hydrogens (primary N) is 1. The van der Waals surface area contributed by atoms with Crippen molar-refractivity contribution in [3.63, 3.8) is 0 Å². The van der Waals surface area contributed by atoms with Gasteiger partial charge in [0.05, 0.1) is 11.9 Å². The third kappa shape index (κ3) is 2.00. The molecule has 0 aliphatic heterocycles. The zero-order valence-corrected chi connectivity index (χ0v) is 10.9. The van der Waals surface area contributed by atoms with Gasteiger partial charge in [-0.25, -0.2) is 9.67 Å². The highest BCUT2D eigenvalue weighted by Gasteiger charge is 2.30. The van der Waals surface area contributed by atoms with Crippen LogP contribution in [0.1, 0.15) is 30.0 Å². The molecular formula is C12H13BrN4. The molecule has 0 spiro atoms. The zero-order valence-electron chi connectivity index (χ0n) is 9.31. The Morgan fingerprint density at radius 1 is 1.35 bits per heavy atom. The van der Waals surface area contributed by atoms with Crippen molar-refractivity contribution in [2.24, 2.45) is 5.73 Å². The summed E-state index contributed by atoms with van der Waals surface area (Å²) in [7, 11) is 0. The van der Waals surface area contributed by atoms with Crippen LogP contribution in [0.3, 0.4) is 0 Å². The molecule has 4 nitrogen and oxygen atoms in total. The number of hydrogen-bond acceptors (Lipinski definition) is 3. The van der Waals surface area contributed by atoms with Crippen molar-refractivity contribution in [1.82, 2.24) is 14.8 Å². The van der Waals surface area contributed by atoms with E-state index in [0.29, 0.717) is 12.5 Å². The number of rotatable bonds is 3. The lowest BCUT2D eigenvalue weighted by Gasteiger charge is -2.07. The third-order valence-corrected chi connectivity index (χ3v) is 3.47. The minimum Gasteiger partial charge on any atom is -0.326 e. The largest absolute Gasteiger partial charge is 0.326 e. The molecule has 88 valence electrons. The Morgan fingerprint density at radius 3 is 2.76 bits per heavy atom. The Hall–Kier alpha value is -1.20. The van der Waals surface area contributed by atoms with Crippen LogP contribution in [-0.2, 0) is 6.54 Å². The molecule has 0 saturated heterocycles. The maximum atomic E-state index is 5.75. The molecule has 17 heavy (non-hydrogen) atoms. The first-order chi connectivity index (χ1) is 8.29. The summed E-state index contributed by atoms with van der Waals surface area (Å²) in [4.78, 5) is 4.38. The number of aromatic nitrogens is 3. The SMILES string of the molecule is NCc1cnn(-c2ccc(Br)cn2)c1C1CC1. The predicted octanol–water partition coefficient (Wildman–Crippen LogP) is 2.37. The highest BCUT2D eigenvalue weighted by atomic mass is 79.9. The molecular weight excluding hydrogens is 280 g/mol. The first-order valence-electron chi connectivity index (χ1n) is 5.68. The molecule has 2 N–H and O–H groups in total.